The van der Waals surface area contributed by atoms with E-state index in [4.69, 9.17) is 39.5 Å². The lowest BCUT2D eigenvalue weighted by molar-refractivity contribution is -0.129. The van der Waals surface area contributed by atoms with E-state index in [1.54, 1.807) is 24.3 Å². The normalized spacial score (nSPS) is 16.2. The first-order chi connectivity index (χ1) is 10.0. The minimum Gasteiger partial charge on any atom is -0.402 e. The van der Waals surface area contributed by atoms with Gasteiger partial charge in [-0.25, -0.2) is 14.8 Å². The van der Waals surface area contributed by atoms with Gasteiger partial charge >= 0.3 is 5.97 Å². The highest BCUT2D eigenvalue weighted by Gasteiger charge is 2.26. The Hall–Kier alpha value is -1.40. The van der Waals surface area contributed by atoms with Crippen LogP contribution in [0.4, 0.5) is 0 Å². The fraction of sp³-hybridized carbons (Fsp3) is 0. The molecule has 0 radical (unpaired) electrons. The van der Waals surface area contributed by atoms with Gasteiger partial charge in [-0.05, 0) is 18.2 Å². The van der Waals surface area contributed by atoms with Crippen LogP contribution in [0.3, 0.4) is 0 Å². The lowest BCUT2D eigenvalue weighted by Gasteiger charge is -2.00. The lowest BCUT2D eigenvalue weighted by Crippen LogP contribution is -2.05. The van der Waals surface area contributed by atoms with Gasteiger partial charge in [-0.3, -0.25) is 0 Å². The topological polar surface area (TPSA) is 51.5 Å². The van der Waals surface area contributed by atoms with Gasteiger partial charge in [0.2, 0.25) is 5.90 Å². The van der Waals surface area contributed by atoms with Gasteiger partial charge in [0, 0.05) is 0 Å². The van der Waals surface area contributed by atoms with Crippen LogP contribution >= 0.6 is 46.1 Å². The molecule has 106 valence electrons. The first kappa shape index (κ1) is 14.5. The third kappa shape index (κ3) is 2.96. The Morgan fingerprint density at radius 2 is 1.95 bits per heavy atom. The Bertz CT molecular complexity index is 798. The van der Waals surface area contributed by atoms with Crippen LogP contribution in [0.2, 0.25) is 14.6 Å². The van der Waals surface area contributed by atoms with Crippen molar-refractivity contribution in [1.29, 1.82) is 0 Å². The van der Waals surface area contributed by atoms with E-state index in [9.17, 15) is 4.79 Å². The van der Waals surface area contributed by atoms with Crippen LogP contribution in [0, 0.1) is 0 Å². The largest absolute Gasteiger partial charge is 0.402 e. The zero-order chi connectivity index (χ0) is 15.0. The number of nitrogens with zero attached hydrogens (tertiary/aromatic N) is 2. The van der Waals surface area contributed by atoms with Gasteiger partial charge in [-0.2, -0.15) is 0 Å². The third-order valence-corrected chi connectivity index (χ3v) is 4.41. The molecule has 0 atom stereocenters. The number of esters is 1. The van der Waals surface area contributed by atoms with Crippen molar-refractivity contribution in [3.8, 4) is 0 Å². The Morgan fingerprint density at radius 1 is 1.19 bits per heavy atom. The van der Waals surface area contributed by atoms with Crippen molar-refractivity contribution in [2.75, 3.05) is 0 Å². The predicted octanol–water partition coefficient (Wildman–Crippen LogP) is 4.45. The molecule has 1 aromatic carbocycles. The first-order valence-electron chi connectivity index (χ1n) is 5.64. The van der Waals surface area contributed by atoms with E-state index in [0.717, 1.165) is 11.3 Å². The molecule has 2 aromatic rings. The molecule has 21 heavy (non-hydrogen) atoms. The number of rotatable bonds is 2. The number of halogens is 3. The Labute approximate surface area is 138 Å². The standard InChI is InChI=1S/C13H5Cl3N2O2S/c14-7-4-2-1-3-6(7)11-17-8(12(19)20-11)5-9-10(15)18-13(16)21-9/h1-5H/b8-5-. The fourth-order valence-corrected chi connectivity index (χ4v) is 3.18. The van der Waals surface area contributed by atoms with Gasteiger partial charge in [0.15, 0.2) is 10.2 Å². The Kier molecular flexibility index (Phi) is 3.99. The Morgan fingerprint density at radius 3 is 2.62 bits per heavy atom. The molecular weight excluding hydrogens is 355 g/mol. The maximum atomic E-state index is 11.9. The molecule has 1 aliphatic rings. The second-order valence-corrected chi connectivity index (χ2v) is 6.32. The summed E-state index contributed by atoms with van der Waals surface area (Å²) in [5.41, 5.74) is 0.663. The number of hydrogen-bond donors (Lipinski definition) is 0. The maximum Gasteiger partial charge on any atom is 0.363 e. The average Bonchev–Trinajstić information content (AvgIpc) is 2.94. The van der Waals surface area contributed by atoms with Crippen molar-refractivity contribution in [2.45, 2.75) is 0 Å². The van der Waals surface area contributed by atoms with Crippen molar-refractivity contribution in [2.24, 2.45) is 4.99 Å². The molecule has 0 unspecified atom stereocenters. The lowest BCUT2D eigenvalue weighted by atomic mass is 10.2. The summed E-state index contributed by atoms with van der Waals surface area (Å²) in [4.78, 5) is 20.4. The molecule has 0 spiro atoms. The maximum absolute atomic E-state index is 11.9. The second-order valence-electron chi connectivity index (χ2n) is 3.94. The SMILES string of the molecule is O=C1OC(c2ccccc2Cl)=N/C1=C\c1sc(Cl)nc1Cl. The number of carbonyl (C=O) groups excluding carboxylic acids is 1. The first-order valence-corrected chi connectivity index (χ1v) is 7.59. The number of cyclic esters (lactones) is 1. The summed E-state index contributed by atoms with van der Waals surface area (Å²) < 4.78 is 5.41. The third-order valence-electron chi connectivity index (χ3n) is 2.58. The molecule has 8 heteroatoms. The van der Waals surface area contributed by atoms with Crippen LogP contribution in [0.1, 0.15) is 10.4 Å². The Balaban J connectivity index is 2.00. The molecule has 4 nitrogen and oxygen atoms in total. The number of aliphatic imine (C=N–C) groups is 1. The van der Waals surface area contributed by atoms with Gasteiger partial charge in [-0.1, -0.05) is 46.9 Å². The van der Waals surface area contributed by atoms with Crippen LogP contribution in [-0.4, -0.2) is 16.9 Å². The molecule has 0 N–H and O–H groups in total. The summed E-state index contributed by atoms with van der Waals surface area (Å²) in [5.74, 6) is -0.422. The second kappa shape index (κ2) is 5.77. The summed E-state index contributed by atoms with van der Waals surface area (Å²) in [7, 11) is 0. The molecule has 0 saturated carbocycles. The van der Waals surface area contributed by atoms with Crippen molar-refractivity contribution >= 4 is 64.1 Å². The monoisotopic (exact) mass is 358 g/mol. The van der Waals surface area contributed by atoms with Crippen LogP contribution in [0.15, 0.2) is 35.0 Å². The zero-order valence-electron chi connectivity index (χ0n) is 10.1. The molecule has 1 aliphatic heterocycles. The number of thiazole rings is 1. The molecule has 0 fully saturated rings. The van der Waals surface area contributed by atoms with E-state index in [-0.39, 0.29) is 21.2 Å². The smallest absolute Gasteiger partial charge is 0.363 e. The molecule has 0 saturated heterocycles. The summed E-state index contributed by atoms with van der Waals surface area (Å²) >= 11 is 18.9. The van der Waals surface area contributed by atoms with E-state index in [2.05, 4.69) is 9.98 Å². The van der Waals surface area contributed by atoms with E-state index in [1.165, 1.54) is 6.08 Å². The molecule has 1 aromatic heterocycles. The molecule has 3 rings (SSSR count). The van der Waals surface area contributed by atoms with Gasteiger partial charge in [-0.15, -0.1) is 11.3 Å². The molecule has 2 heterocycles. The number of aromatic nitrogens is 1. The minimum absolute atomic E-state index is 0.118. The van der Waals surface area contributed by atoms with E-state index in [0.29, 0.717) is 15.5 Å². The number of carbonyl (C=O) groups is 1. The van der Waals surface area contributed by atoms with E-state index in [1.807, 2.05) is 0 Å². The van der Waals surface area contributed by atoms with Crippen LogP contribution < -0.4 is 0 Å². The average molecular weight is 360 g/mol. The van der Waals surface area contributed by atoms with Crippen molar-refractivity contribution in [3.05, 3.63) is 55.0 Å². The van der Waals surface area contributed by atoms with Crippen LogP contribution in [-0.2, 0) is 9.53 Å². The highest BCUT2D eigenvalue weighted by atomic mass is 35.5. The quantitative estimate of drug-likeness (QED) is 0.588. The van der Waals surface area contributed by atoms with Gasteiger partial charge in [0.1, 0.15) is 5.15 Å². The number of benzene rings is 1. The van der Waals surface area contributed by atoms with E-state index < -0.39 is 5.97 Å². The summed E-state index contributed by atoms with van der Waals surface area (Å²) in [5, 5.41) is 0.663. The molecular formula is C13H5Cl3N2O2S. The number of ether oxygens (including phenoxy) is 1. The highest BCUT2D eigenvalue weighted by molar-refractivity contribution is 7.17. The van der Waals surface area contributed by atoms with Crippen LogP contribution in [0.5, 0.6) is 0 Å². The molecule has 0 amide bonds. The van der Waals surface area contributed by atoms with E-state index >= 15 is 0 Å². The van der Waals surface area contributed by atoms with Gasteiger partial charge < -0.3 is 4.74 Å². The van der Waals surface area contributed by atoms with Crippen molar-refractivity contribution < 1.29 is 9.53 Å². The van der Waals surface area contributed by atoms with Gasteiger partial charge in [0.25, 0.3) is 0 Å². The summed E-state index contributed by atoms with van der Waals surface area (Å²) in [6.07, 6.45) is 1.48. The van der Waals surface area contributed by atoms with Crippen LogP contribution in [0.25, 0.3) is 6.08 Å². The summed E-state index contributed by atoms with van der Waals surface area (Å²) in [6.45, 7) is 0. The zero-order valence-corrected chi connectivity index (χ0v) is 13.2. The predicted molar refractivity (Wildman–Crippen MR) is 84.2 cm³/mol. The fourth-order valence-electron chi connectivity index (χ4n) is 1.66. The highest BCUT2D eigenvalue weighted by Crippen LogP contribution is 2.30. The molecule has 0 bridgehead atoms. The molecule has 0 aliphatic carbocycles. The van der Waals surface area contributed by atoms with Crippen molar-refractivity contribution in [3.63, 3.8) is 0 Å². The summed E-state index contributed by atoms with van der Waals surface area (Å²) in [6, 6.07) is 6.96. The van der Waals surface area contributed by atoms with Crippen molar-refractivity contribution in [1.82, 2.24) is 4.98 Å². The van der Waals surface area contributed by atoms with Gasteiger partial charge in [0.05, 0.1) is 15.5 Å². The minimum atomic E-state index is -0.578. The number of hydrogen-bond acceptors (Lipinski definition) is 5.